The van der Waals surface area contributed by atoms with E-state index < -0.39 is 30.0 Å². The molecule has 0 rings (SSSR count). The lowest BCUT2D eigenvalue weighted by molar-refractivity contribution is -0.375. The van der Waals surface area contributed by atoms with Gasteiger partial charge in [-0.15, -0.1) is 0 Å². The summed E-state index contributed by atoms with van der Waals surface area (Å²) in [6.07, 6.45) is -13.4. The van der Waals surface area contributed by atoms with Crippen LogP contribution in [0.4, 0.5) is 26.3 Å². The smallest absolute Gasteiger partial charge is 0.437 e. The molecule has 0 unspecified atom stereocenters. The third-order valence-corrected chi connectivity index (χ3v) is 1.68. The van der Waals surface area contributed by atoms with Crippen LogP contribution in [0.15, 0.2) is 0 Å². The monoisotopic (exact) mass is 268 g/mol. The van der Waals surface area contributed by atoms with E-state index >= 15 is 0 Å². The number of alkyl halides is 6. The highest BCUT2D eigenvalue weighted by Crippen LogP contribution is 2.47. The van der Waals surface area contributed by atoms with Gasteiger partial charge in [0.2, 0.25) is 0 Å². The molecule has 102 valence electrons. The van der Waals surface area contributed by atoms with Gasteiger partial charge in [-0.3, -0.25) is 0 Å². The minimum absolute atomic E-state index is 0.415. The predicted octanol–water partition coefficient (Wildman–Crippen LogP) is 2.45. The van der Waals surface area contributed by atoms with Crippen LogP contribution in [-0.2, 0) is 14.3 Å². The molecule has 0 radical (unpaired) electrons. The topological polar surface area (TPSA) is 35.5 Å². The number of halogens is 6. The molecule has 17 heavy (non-hydrogen) atoms. The van der Waals surface area contributed by atoms with Gasteiger partial charge in [-0.1, -0.05) is 0 Å². The van der Waals surface area contributed by atoms with Crippen molar-refractivity contribution in [3.63, 3.8) is 0 Å². The molecule has 0 aromatic rings. The van der Waals surface area contributed by atoms with E-state index in [0.29, 0.717) is 7.11 Å². The van der Waals surface area contributed by atoms with Gasteiger partial charge in [0.1, 0.15) is 0 Å². The fraction of sp³-hybridized carbons (Fsp3) is 0.875. The van der Waals surface area contributed by atoms with Gasteiger partial charge in [0.05, 0.1) is 13.2 Å². The SMILES string of the molecule is COC(=O)C(OC(C)C)(C(F)(F)F)C(F)(F)F. The Bertz CT molecular complexity index is 266. The van der Waals surface area contributed by atoms with Crippen LogP contribution in [0, 0.1) is 0 Å². The molecule has 0 aliphatic rings. The van der Waals surface area contributed by atoms with Crippen molar-refractivity contribution in [3.8, 4) is 0 Å². The van der Waals surface area contributed by atoms with Crippen LogP contribution in [0.3, 0.4) is 0 Å². The van der Waals surface area contributed by atoms with E-state index in [0.717, 1.165) is 13.8 Å². The molecule has 0 aliphatic heterocycles. The number of methoxy groups -OCH3 is 1. The van der Waals surface area contributed by atoms with Gasteiger partial charge in [0, 0.05) is 0 Å². The second-order valence-electron chi connectivity index (χ2n) is 3.33. The zero-order valence-corrected chi connectivity index (χ0v) is 9.07. The summed E-state index contributed by atoms with van der Waals surface area (Å²) in [6.45, 7) is 1.88. The van der Waals surface area contributed by atoms with Gasteiger partial charge >= 0.3 is 23.9 Å². The summed E-state index contributed by atoms with van der Waals surface area (Å²) < 4.78 is 82.5. The van der Waals surface area contributed by atoms with E-state index in [1.54, 1.807) is 0 Å². The number of esters is 1. The summed E-state index contributed by atoms with van der Waals surface area (Å²) in [5.41, 5.74) is -4.96. The first-order valence-electron chi connectivity index (χ1n) is 4.29. The van der Waals surface area contributed by atoms with Crippen LogP contribution >= 0.6 is 0 Å². The molecule has 0 aromatic heterocycles. The van der Waals surface area contributed by atoms with Crippen molar-refractivity contribution >= 4 is 5.97 Å². The molecule has 0 aliphatic carbocycles. The summed E-state index contributed by atoms with van der Waals surface area (Å²) in [5, 5.41) is 0. The average Bonchev–Trinajstić information content (AvgIpc) is 2.08. The Balaban J connectivity index is 5.82. The van der Waals surface area contributed by atoms with Crippen molar-refractivity contribution < 1.29 is 40.6 Å². The lowest BCUT2D eigenvalue weighted by atomic mass is 10.0. The number of hydrogen-bond acceptors (Lipinski definition) is 3. The van der Waals surface area contributed by atoms with E-state index in [9.17, 15) is 31.1 Å². The van der Waals surface area contributed by atoms with Crippen molar-refractivity contribution in [2.24, 2.45) is 0 Å². The first kappa shape index (κ1) is 16.0. The van der Waals surface area contributed by atoms with Gasteiger partial charge in [-0.2, -0.15) is 26.3 Å². The van der Waals surface area contributed by atoms with E-state index in [2.05, 4.69) is 9.47 Å². The molecule has 0 heterocycles. The van der Waals surface area contributed by atoms with Crippen LogP contribution in [0.25, 0.3) is 0 Å². The molecular formula is C8H10F6O3. The Labute approximate surface area is 92.7 Å². The second kappa shape index (κ2) is 4.71. The normalized spacial score (nSPS) is 14.0. The number of carbonyl (C=O) groups excluding carboxylic acids is 1. The Hall–Kier alpha value is -0.990. The van der Waals surface area contributed by atoms with Gasteiger partial charge in [0.15, 0.2) is 0 Å². The number of hydrogen-bond donors (Lipinski definition) is 0. The largest absolute Gasteiger partial charge is 0.466 e. The molecule has 0 amide bonds. The van der Waals surface area contributed by atoms with Crippen LogP contribution in [-0.4, -0.2) is 37.1 Å². The van der Waals surface area contributed by atoms with E-state index in [1.807, 2.05) is 0 Å². The highest BCUT2D eigenvalue weighted by Gasteiger charge is 2.78. The van der Waals surface area contributed by atoms with E-state index in [4.69, 9.17) is 0 Å². The lowest BCUT2D eigenvalue weighted by Crippen LogP contribution is -2.65. The number of ether oxygens (including phenoxy) is 2. The van der Waals surface area contributed by atoms with Crippen molar-refractivity contribution in [3.05, 3.63) is 0 Å². The molecule has 0 aromatic carbocycles. The maximum absolute atomic E-state index is 12.5. The quantitative estimate of drug-likeness (QED) is 0.582. The zero-order valence-electron chi connectivity index (χ0n) is 9.07. The molecule has 9 heteroatoms. The van der Waals surface area contributed by atoms with Gasteiger partial charge in [-0.05, 0) is 13.8 Å². The average molecular weight is 268 g/mol. The molecule has 0 N–H and O–H groups in total. The molecule has 0 saturated heterocycles. The first-order chi connectivity index (χ1) is 7.40. The molecular weight excluding hydrogens is 258 g/mol. The molecule has 0 spiro atoms. The van der Waals surface area contributed by atoms with Crippen molar-refractivity contribution in [2.45, 2.75) is 37.9 Å². The van der Waals surface area contributed by atoms with Gasteiger partial charge in [-0.25, -0.2) is 4.79 Å². The molecule has 0 atom stereocenters. The van der Waals surface area contributed by atoms with Crippen molar-refractivity contribution in [2.75, 3.05) is 7.11 Å². The van der Waals surface area contributed by atoms with Crippen LogP contribution in [0.2, 0.25) is 0 Å². The minimum atomic E-state index is -5.97. The Morgan fingerprint density at radius 3 is 1.53 bits per heavy atom. The molecule has 0 bridgehead atoms. The maximum Gasteiger partial charge on any atom is 0.437 e. The first-order valence-corrected chi connectivity index (χ1v) is 4.29. The highest BCUT2D eigenvalue weighted by atomic mass is 19.4. The summed E-state index contributed by atoms with van der Waals surface area (Å²) in [4.78, 5) is 10.9. The van der Waals surface area contributed by atoms with Crippen molar-refractivity contribution in [1.82, 2.24) is 0 Å². The molecule has 0 saturated carbocycles. The third kappa shape index (κ3) is 2.82. The highest BCUT2D eigenvalue weighted by molar-refractivity contribution is 5.82. The Morgan fingerprint density at radius 2 is 1.35 bits per heavy atom. The van der Waals surface area contributed by atoms with Crippen LogP contribution in [0.1, 0.15) is 13.8 Å². The number of carbonyl (C=O) groups is 1. The van der Waals surface area contributed by atoms with E-state index in [1.165, 1.54) is 0 Å². The fourth-order valence-corrected chi connectivity index (χ4v) is 1.07. The van der Waals surface area contributed by atoms with Crippen molar-refractivity contribution in [1.29, 1.82) is 0 Å². The summed E-state index contributed by atoms with van der Waals surface area (Å²) in [5.74, 6) is -2.55. The van der Waals surface area contributed by atoms with Gasteiger partial charge < -0.3 is 9.47 Å². The van der Waals surface area contributed by atoms with E-state index in [-0.39, 0.29) is 0 Å². The zero-order chi connectivity index (χ0) is 14.1. The number of rotatable bonds is 3. The minimum Gasteiger partial charge on any atom is -0.466 e. The summed E-state index contributed by atoms with van der Waals surface area (Å²) in [6, 6.07) is 0. The predicted molar refractivity (Wildman–Crippen MR) is 43.1 cm³/mol. The fourth-order valence-electron chi connectivity index (χ4n) is 1.07. The Morgan fingerprint density at radius 1 is 1.00 bits per heavy atom. The molecule has 0 fully saturated rings. The summed E-state index contributed by atoms with van der Waals surface area (Å²) in [7, 11) is 0.415. The van der Waals surface area contributed by atoms with Crippen LogP contribution < -0.4 is 0 Å². The standard InChI is InChI=1S/C8H10F6O3/c1-4(2)17-6(5(15)16-3,7(9,10)11)8(12,13)14/h4H,1-3H3. The third-order valence-electron chi connectivity index (χ3n) is 1.68. The van der Waals surface area contributed by atoms with Gasteiger partial charge in [0.25, 0.3) is 0 Å². The molecule has 3 nitrogen and oxygen atoms in total. The lowest BCUT2D eigenvalue weighted by Gasteiger charge is -2.35. The van der Waals surface area contributed by atoms with Crippen LogP contribution in [0.5, 0.6) is 0 Å². The maximum atomic E-state index is 12.5. The summed E-state index contributed by atoms with van der Waals surface area (Å²) >= 11 is 0. The Kier molecular flexibility index (Phi) is 4.44. The second-order valence-corrected chi connectivity index (χ2v) is 3.33.